The van der Waals surface area contributed by atoms with Crippen LogP contribution in [0.4, 0.5) is 0 Å². The van der Waals surface area contributed by atoms with Crippen LogP contribution in [0.3, 0.4) is 0 Å². The summed E-state index contributed by atoms with van der Waals surface area (Å²) < 4.78 is 28.4. The molecule has 3 aromatic rings. The fraction of sp³-hybridized carbons (Fsp3) is 0.143. The summed E-state index contributed by atoms with van der Waals surface area (Å²) >= 11 is 6.13. The largest absolute Gasteiger partial charge is 0.216 e. The summed E-state index contributed by atoms with van der Waals surface area (Å²) in [4.78, 5) is 0. The second-order valence-electron chi connectivity index (χ2n) is 6.22. The number of sulfonamides is 1. The van der Waals surface area contributed by atoms with Gasteiger partial charge in [-0.05, 0) is 29.7 Å². The fourth-order valence-corrected chi connectivity index (χ4v) is 4.43. The summed E-state index contributed by atoms with van der Waals surface area (Å²) in [5.41, 5.74) is 3.49. The first kappa shape index (κ1) is 18.6. The Labute approximate surface area is 159 Å². The van der Waals surface area contributed by atoms with Gasteiger partial charge in [0.1, 0.15) is 0 Å². The lowest BCUT2D eigenvalue weighted by atomic mass is 9.99. The van der Waals surface area contributed by atoms with Crippen LogP contribution in [0.15, 0.2) is 78.9 Å². The van der Waals surface area contributed by atoms with Gasteiger partial charge in [0.15, 0.2) is 0 Å². The van der Waals surface area contributed by atoms with Crippen molar-refractivity contribution in [1.82, 2.24) is 4.72 Å². The first-order valence-electron chi connectivity index (χ1n) is 8.29. The van der Waals surface area contributed by atoms with Gasteiger partial charge in [0, 0.05) is 5.02 Å². The lowest BCUT2D eigenvalue weighted by molar-refractivity contribution is 0.571. The van der Waals surface area contributed by atoms with Gasteiger partial charge < -0.3 is 0 Å². The molecule has 134 valence electrons. The molecule has 0 aliphatic rings. The molecule has 3 aromatic carbocycles. The molecule has 1 atom stereocenters. The summed E-state index contributed by atoms with van der Waals surface area (Å²) in [7, 11) is -3.60. The van der Waals surface area contributed by atoms with Crippen molar-refractivity contribution in [2.75, 3.05) is 0 Å². The second-order valence-corrected chi connectivity index (χ2v) is 8.38. The van der Waals surface area contributed by atoms with Crippen LogP contribution in [0.2, 0.25) is 5.02 Å². The third-order valence-corrected chi connectivity index (χ3v) is 5.80. The van der Waals surface area contributed by atoms with Gasteiger partial charge in [0.25, 0.3) is 0 Å². The SMILES string of the molecule is Cc1ccc([C@@H](NS(=O)(=O)Cc2ccccc2Cl)c2ccccc2)cc1. The molecule has 0 aliphatic carbocycles. The Bertz CT molecular complexity index is 970. The van der Waals surface area contributed by atoms with E-state index in [1.54, 1.807) is 24.3 Å². The lowest BCUT2D eigenvalue weighted by Gasteiger charge is -2.20. The van der Waals surface area contributed by atoms with Crippen LogP contribution in [0.25, 0.3) is 0 Å². The fourth-order valence-electron chi connectivity index (χ4n) is 2.77. The highest BCUT2D eigenvalue weighted by Gasteiger charge is 2.22. The summed E-state index contributed by atoms with van der Waals surface area (Å²) in [6.45, 7) is 2.00. The molecular weight excluding hydrogens is 366 g/mol. The van der Waals surface area contributed by atoms with E-state index >= 15 is 0 Å². The molecule has 0 saturated heterocycles. The molecule has 0 fully saturated rings. The van der Waals surface area contributed by atoms with E-state index in [0.29, 0.717) is 10.6 Å². The maximum atomic E-state index is 12.8. The molecule has 3 rings (SSSR count). The Morgan fingerprint density at radius 1 is 0.846 bits per heavy atom. The normalized spacial score (nSPS) is 12.7. The van der Waals surface area contributed by atoms with Crippen LogP contribution in [0, 0.1) is 6.92 Å². The Kier molecular flexibility index (Phi) is 5.77. The third kappa shape index (κ3) is 4.73. The highest BCUT2D eigenvalue weighted by molar-refractivity contribution is 7.88. The minimum atomic E-state index is -3.60. The monoisotopic (exact) mass is 385 g/mol. The number of halogens is 1. The molecule has 26 heavy (non-hydrogen) atoms. The number of benzene rings is 3. The molecule has 0 spiro atoms. The molecule has 3 nitrogen and oxygen atoms in total. The highest BCUT2D eigenvalue weighted by Crippen LogP contribution is 2.25. The second kappa shape index (κ2) is 8.04. The molecule has 5 heteroatoms. The topological polar surface area (TPSA) is 46.2 Å². The standard InChI is InChI=1S/C21H20ClNO2S/c1-16-11-13-18(14-12-16)21(17-7-3-2-4-8-17)23-26(24,25)15-19-9-5-6-10-20(19)22/h2-14,21,23H,15H2,1H3/t21-/m0/s1. The number of hydrogen-bond donors (Lipinski definition) is 1. The van der Waals surface area contributed by atoms with E-state index in [1.807, 2.05) is 61.5 Å². The van der Waals surface area contributed by atoms with Gasteiger partial charge >= 0.3 is 0 Å². The molecule has 1 N–H and O–H groups in total. The van der Waals surface area contributed by atoms with Crippen molar-refractivity contribution < 1.29 is 8.42 Å². The predicted molar refractivity (Wildman–Crippen MR) is 107 cm³/mol. The lowest BCUT2D eigenvalue weighted by Crippen LogP contribution is -2.30. The molecule has 0 unspecified atom stereocenters. The number of hydrogen-bond acceptors (Lipinski definition) is 2. The maximum Gasteiger partial charge on any atom is 0.216 e. The van der Waals surface area contributed by atoms with Gasteiger partial charge in [-0.2, -0.15) is 0 Å². The molecule has 0 aromatic heterocycles. The Morgan fingerprint density at radius 3 is 2.08 bits per heavy atom. The molecular formula is C21H20ClNO2S. The number of aryl methyl sites for hydroxylation is 1. The average molecular weight is 386 g/mol. The number of rotatable bonds is 6. The van der Waals surface area contributed by atoms with Crippen molar-refractivity contribution >= 4 is 21.6 Å². The van der Waals surface area contributed by atoms with Crippen molar-refractivity contribution in [2.45, 2.75) is 18.7 Å². The van der Waals surface area contributed by atoms with E-state index in [2.05, 4.69) is 4.72 Å². The summed E-state index contributed by atoms with van der Waals surface area (Å²) in [5, 5.41) is 0.449. The van der Waals surface area contributed by atoms with Crippen LogP contribution < -0.4 is 4.72 Å². The van der Waals surface area contributed by atoms with Crippen LogP contribution in [0.1, 0.15) is 28.3 Å². The minimum Gasteiger partial charge on any atom is -0.212 e. The first-order valence-corrected chi connectivity index (χ1v) is 10.3. The van der Waals surface area contributed by atoms with Gasteiger partial charge in [-0.25, -0.2) is 13.1 Å². The van der Waals surface area contributed by atoms with Crippen molar-refractivity contribution in [3.05, 3.63) is 106 Å². The number of nitrogens with one attached hydrogen (secondary N) is 1. The molecule has 0 amide bonds. The van der Waals surface area contributed by atoms with E-state index in [0.717, 1.165) is 16.7 Å². The summed E-state index contributed by atoms with van der Waals surface area (Å²) in [6.07, 6.45) is 0. The van der Waals surface area contributed by atoms with Crippen LogP contribution in [0.5, 0.6) is 0 Å². The predicted octanol–water partition coefficient (Wildman–Crippen LogP) is 4.86. The van der Waals surface area contributed by atoms with Crippen molar-refractivity contribution in [3.8, 4) is 0 Å². The molecule has 0 heterocycles. The summed E-state index contributed by atoms with van der Waals surface area (Å²) in [6, 6.07) is 23.9. The molecule has 0 saturated carbocycles. The Morgan fingerprint density at radius 2 is 1.42 bits per heavy atom. The highest BCUT2D eigenvalue weighted by atomic mass is 35.5. The van der Waals surface area contributed by atoms with Gasteiger partial charge in [-0.1, -0.05) is 90.0 Å². The minimum absolute atomic E-state index is 0.165. The quantitative estimate of drug-likeness (QED) is 0.658. The van der Waals surface area contributed by atoms with Gasteiger partial charge in [-0.3, -0.25) is 0 Å². The Balaban J connectivity index is 1.92. The van der Waals surface area contributed by atoms with Crippen LogP contribution in [-0.4, -0.2) is 8.42 Å². The Hall–Kier alpha value is -2.14. The van der Waals surface area contributed by atoms with E-state index in [9.17, 15) is 8.42 Å². The molecule has 0 radical (unpaired) electrons. The molecule has 0 bridgehead atoms. The smallest absolute Gasteiger partial charge is 0.212 e. The van der Waals surface area contributed by atoms with Crippen molar-refractivity contribution in [2.24, 2.45) is 0 Å². The zero-order valence-corrected chi connectivity index (χ0v) is 16.0. The van der Waals surface area contributed by atoms with Gasteiger partial charge in [0.05, 0.1) is 11.8 Å². The zero-order valence-electron chi connectivity index (χ0n) is 14.4. The van der Waals surface area contributed by atoms with Gasteiger partial charge in [-0.15, -0.1) is 0 Å². The average Bonchev–Trinajstić information content (AvgIpc) is 2.63. The van der Waals surface area contributed by atoms with Gasteiger partial charge in [0.2, 0.25) is 10.0 Å². The molecule has 0 aliphatic heterocycles. The van der Waals surface area contributed by atoms with Crippen molar-refractivity contribution in [1.29, 1.82) is 0 Å². The maximum absolute atomic E-state index is 12.8. The summed E-state index contributed by atoms with van der Waals surface area (Å²) in [5.74, 6) is -0.165. The van der Waals surface area contributed by atoms with Crippen LogP contribution in [-0.2, 0) is 15.8 Å². The zero-order chi connectivity index (χ0) is 18.6. The van der Waals surface area contributed by atoms with E-state index in [1.165, 1.54) is 0 Å². The third-order valence-electron chi connectivity index (χ3n) is 4.14. The van der Waals surface area contributed by atoms with Crippen molar-refractivity contribution in [3.63, 3.8) is 0 Å². The van der Waals surface area contributed by atoms with E-state index in [4.69, 9.17) is 11.6 Å². The van der Waals surface area contributed by atoms with Crippen LogP contribution >= 0.6 is 11.6 Å². The first-order chi connectivity index (χ1) is 12.4. The van der Waals surface area contributed by atoms with E-state index < -0.39 is 16.1 Å². The van der Waals surface area contributed by atoms with E-state index in [-0.39, 0.29) is 5.75 Å².